The zero-order valence-corrected chi connectivity index (χ0v) is 18.1. The first-order valence-corrected chi connectivity index (χ1v) is 10.9. The Morgan fingerprint density at radius 3 is 2.34 bits per heavy atom. The molecule has 0 saturated heterocycles. The third-order valence-electron chi connectivity index (χ3n) is 4.85. The van der Waals surface area contributed by atoms with Crippen molar-refractivity contribution >= 4 is 17.7 Å². The molecule has 8 heteroatoms. The normalized spacial score (nSPS) is 10.8. The van der Waals surface area contributed by atoms with Crippen molar-refractivity contribution in [1.29, 1.82) is 0 Å². The van der Waals surface area contributed by atoms with E-state index < -0.39 is 5.82 Å². The van der Waals surface area contributed by atoms with Crippen molar-refractivity contribution in [3.05, 3.63) is 96.1 Å². The summed E-state index contributed by atoms with van der Waals surface area (Å²) in [4.78, 5) is 14.3. The number of carbonyl (C=O) groups is 1. The number of halogens is 2. The van der Waals surface area contributed by atoms with Crippen LogP contribution in [-0.4, -0.2) is 38.4 Å². The van der Waals surface area contributed by atoms with Crippen LogP contribution < -0.4 is 0 Å². The van der Waals surface area contributed by atoms with Gasteiger partial charge in [0, 0.05) is 19.3 Å². The number of hydrogen-bond acceptors (Lipinski definition) is 4. The fraction of sp³-hybridized carbons (Fsp3) is 0.125. The van der Waals surface area contributed by atoms with Gasteiger partial charge in [0.1, 0.15) is 11.6 Å². The highest BCUT2D eigenvalue weighted by Crippen LogP contribution is 2.29. The second kappa shape index (κ2) is 9.74. The minimum absolute atomic E-state index is 0.0834. The Morgan fingerprint density at radius 2 is 1.62 bits per heavy atom. The summed E-state index contributed by atoms with van der Waals surface area (Å²) < 4.78 is 29.6. The maximum absolute atomic E-state index is 14.5. The van der Waals surface area contributed by atoms with E-state index in [9.17, 15) is 13.6 Å². The summed E-state index contributed by atoms with van der Waals surface area (Å²) in [5.74, 6) is -0.512. The number of rotatable bonds is 7. The van der Waals surface area contributed by atoms with E-state index in [2.05, 4.69) is 10.2 Å². The largest absolute Gasteiger partial charge is 0.341 e. The third-order valence-corrected chi connectivity index (χ3v) is 5.76. The highest BCUT2D eigenvalue weighted by atomic mass is 32.2. The second-order valence-corrected chi connectivity index (χ2v) is 8.06. The lowest BCUT2D eigenvalue weighted by Crippen LogP contribution is -2.27. The molecule has 0 saturated carbocycles. The molecule has 1 aromatic heterocycles. The lowest BCUT2D eigenvalue weighted by Gasteiger charge is -2.17. The molecular weight excluding hydrogens is 430 g/mol. The van der Waals surface area contributed by atoms with Gasteiger partial charge in [0.25, 0.3) is 0 Å². The van der Waals surface area contributed by atoms with Crippen LogP contribution in [0.1, 0.15) is 5.56 Å². The molecular formula is C24H20F2N4OS. The van der Waals surface area contributed by atoms with Gasteiger partial charge in [-0.1, -0.05) is 54.2 Å². The molecule has 0 spiro atoms. The Labute approximate surface area is 188 Å². The molecule has 0 aliphatic carbocycles. The zero-order chi connectivity index (χ0) is 22.5. The summed E-state index contributed by atoms with van der Waals surface area (Å²) >= 11 is 1.20. The smallest absolute Gasteiger partial charge is 0.233 e. The Morgan fingerprint density at radius 1 is 0.938 bits per heavy atom. The van der Waals surface area contributed by atoms with Crippen LogP contribution in [0.5, 0.6) is 0 Å². The van der Waals surface area contributed by atoms with Crippen molar-refractivity contribution < 1.29 is 13.6 Å². The Bertz CT molecular complexity index is 1210. The summed E-state index contributed by atoms with van der Waals surface area (Å²) in [5, 5.41) is 8.78. The number of benzene rings is 3. The lowest BCUT2D eigenvalue weighted by molar-refractivity contribution is -0.127. The minimum atomic E-state index is -0.446. The fourth-order valence-corrected chi connectivity index (χ4v) is 4.08. The van der Waals surface area contributed by atoms with E-state index in [-0.39, 0.29) is 28.9 Å². The predicted octanol–water partition coefficient (Wildman–Crippen LogP) is 4.96. The average Bonchev–Trinajstić information content (AvgIpc) is 3.22. The molecule has 3 aromatic carbocycles. The van der Waals surface area contributed by atoms with Gasteiger partial charge in [0.2, 0.25) is 5.91 Å². The van der Waals surface area contributed by atoms with Crippen LogP contribution >= 0.6 is 11.8 Å². The molecule has 0 radical (unpaired) electrons. The van der Waals surface area contributed by atoms with Crippen LogP contribution in [0.3, 0.4) is 0 Å². The van der Waals surface area contributed by atoms with Gasteiger partial charge in [-0.05, 0) is 42.0 Å². The van der Waals surface area contributed by atoms with Gasteiger partial charge in [0.15, 0.2) is 11.0 Å². The standard InChI is InChI=1S/C24H20F2N4OS/c1-29(15-17-7-3-2-4-8-17)22(31)16-32-24-28-27-23(20-9-5-6-10-21(20)26)30(24)19-13-11-18(25)12-14-19/h2-14H,15-16H2,1H3. The molecule has 1 heterocycles. The zero-order valence-electron chi connectivity index (χ0n) is 17.3. The van der Waals surface area contributed by atoms with Crippen molar-refractivity contribution in [3.8, 4) is 17.1 Å². The number of amides is 1. The monoisotopic (exact) mass is 450 g/mol. The van der Waals surface area contributed by atoms with Crippen LogP contribution in [0.2, 0.25) is 0 Å². The summed E-state index contributed by atoms with van der Waals surface area (Å²) in [7, 11) is 1.74. The van der Waals surface area contributed by atoms with Gasteiger partial charge in [-0.2, -0.15) is 0 Å². The molecule has 0 atom stereocenters. The SMILES string of the molecule is CN(Cc1ccccc1)C(=O)CSc1nnc(-c2ccccc2F)n1-c1ccc(F)cc1. The second-order valence-electron chi connectivity index (χ2n) is 7.12. The molecule has 0 fully saturated rings. The summed E-state index contributed by atoms with van der Waals surface area (Å²) in [6.07, 6.45) is 0. The first kappa shape index (κ1) is 21.7. The van der Waals surface area contributed by atoms with Crippen LogP contribution in [0.4, 0.5) is 8.78 Å². The molecule has 5 nitrogen and oxygen atoms in total. The van der Waals surface area contributed by atoms with Gasteiger partial charge >= 0.3 is 0 Å². The van der Waals surface area contributed by atoms with Crippen LogP contribution in [0.25, 0.3) is 17.1 Å². The van der Waals surface area contributed by atoms with Crippen LogP contribution in [0.15, 0.2) is 84.0 Å². The molecule has 0 unspecified atom stereocenters. The number of hydrogen-bond donors (Lipinski definition) is 0. The highest BCUT2D eigenvalue weighted by molar-refractivity contribution is 7.99. The Balaban J connectivity index is 1.59. The highest BCUT2D eigenvalue weighted by Gasteiger charge is 2.20. The van der Waals surface area contributed by atoms with Crippen molar-refractivity contribution in [2.24, 2.45) is 0 Å². The molecule has 0 N–H and O–H groups in total. The molecule has 1 amide bonds. The van der Waals surface area contributed by atoms with Crippen molar-refractivity contribution in [1.82, 2.24) is 19.7 Å². The average molecular weight is 451 g/mol. The topological polar surface area (TPSA) is 51.0 Å². The first-order chi connectivity index (χ1) is 15.5. The van der Waals surface area contributed by atoms with E-state index in [4.69, 9.17) is 0 Å². The van der Waals surface area contributed by atoms with Crippen LogP contribution in [0, 0.1) is 11.6 Å². The van der Waals surface area contributed by atoms with E-state index in [0.29, 0.717) is 17.4 Å². The number of aromatic nitrogens is 3. The molecule has 32 heavy (non-hydrogen) atoms. The van der Waals surface area contributed by atoms with E-state index >= 15 is 0 Å². The van der Waals surface area contributed by atoms with Gasteiger partial charge in [-0.15, -0.1) is 10.2 Å². The van der Waals surface area contributed by atoms with Crippen molar-refractivity contribution in [3.63, 3.8) is 0 Å². The van der Waals surface area contributed by atoms with E-state index in [0.717, 1.165) is 5.56 Å². The van der Waals surface area contributed by atoms with Gasteiger partial charge in [0.05, 0.1) is 11.3 Å². The molecule has 4 rings (SSSR count). The summed E-state index contributed by atoms with van der Waals surface area (Å²) in [5.41, 5.74) is 1.87. The molecule has 0 bridgehead atoms. The minimum Gasteiger partial charge on any atom is -0.341 e. The number of nitrogens with zero attached hydrogens (tertiary/aromatic N) is 4. The Kier molecular flexibility index (Phi) is 6.61. The van der Waals surface area contributed by atoms with Crippen molar-refractivity contribution in [2.75, 3.05) is 12.8 Å². The van der Waals surface area contributed by atoms with Gasteiger partial charge < -0.3 is 4.90 Å². The van der Waals surface area contributed by atoms with Crippen molar-refractivity contribution in [2.45, 2.75) is 11.7 Å². The molecule has 4 aromatic rings. The third kappa shape index (κ3) is 4.86. The maximum atomic E-state index is 14.5. The number of carbonyl (C=O) groups excluding carboxylic acids is 1. The first-order valence-electron chi connectivity index (χ1n) is 9.90. The Hall–Kier alpha value is -3.52. The fourth-order valence-electron chi connectivity index (χ4n) is 3.19. The lowest BCUT2D eigenvalue weighted by atomic mass is 10.2. The van der Waals surface area contributed by atoms with Gasteiger partial charge in [-0.25, -0.2) is 8.78 Å². The summed E-state index contributed by atoms with van der Waals surface area (Å²) in [6, 6.07) is 21.7. The van der Waals surface area contributed by atoms with E-state index in [1.807, 2.05) is 30.3 Å². The molecule has 0 aliphatic rings. The summed E-state index contributed by atoms with van der Waals surface area (Å²) in [6.45, 7) is 0.491. The predicted molar refractivity (Wildman–Crippen MR) is 120 cm³/mol. The van der Waals surface area contributed by atoms with Crippen LogP contribution in [-0.2, 0) is 11.3 Å². The van der Waals surface area contributed by atoms with E-state index in [1.54, 1.807) is 46.8 Å². The van der Waals surface area contributed by atoms with E-state index in [1.165, 1.54) is 30.0 Å². The molecule has 162 valence electrons. The quantitative estimate of drug-likeness (QED) is 0.374. The maximum Gasteiger partial charge on any atom is 0.233 e. The molecule has 0 aliphatic heterocycles. The number of thioether (sulfide) groups is 1. The van der Waals surface area contributed by atoms with Gasteiger partial charge in [-0.3, -0.25) is 9.36 Å².